The summed E-state index contributed by atoms with van der Waals surface area (Å²) in [5.74, 6) is -0.744. The molecule has 0 saturated carbocycles. The van der Waals surface area contributed by atoms with Crippen LogP contribution in [0.1, 0.15) is 71.1 Å². The maximum Gasteiger partial charge on any atom is 0.303 e. The van der Waals surface area contributed by atoms with Gasteiger partial charge in [0.1, 0.15) is 0 Å². The Hall–Kier alpha value is -1.13. The van der Waals surface area contributed by atoms with Gasteiger partial charge in [-0.25, -0.2) is 0 Å². The van der Waals surface area contributed by atoms with Gasteiger partial charge in [0.15, 0.2) is 0 Å². The lowest BCUT2D eigenvalue weighted by Gasteiger charge is -2.05. The van der Waals surface area contributed by atoms with Crippen molar-refractivity contribution in [3.63, 3.8) is 0 Å². The van der Waals surface area contributed by atoms with Crippen LogP contribution in [0.25, 0.3) is 0 Å². The summed E-state index contributed by atoms with van der Waals surface area (Å²) in [6.45, 7) is 2.14. The molecule has 128 valence electrons. The number of aliphatic hydroxyl groups is 2. The highest BCUT2D eigenvalue weighted by atomic mass is 16.4. The Balaban J connectivity index is 3.60. The van der Waals surface area contributed by atoms with Gasteiger partial charge in [0.25, 0.3) is 0 Å². The largest absolute Gasteiger partial charge is 0.481 e. The Kier molecular flexibility index (Phi) is 14.0. The van der Waals surface area contributed by atoms with Crippen molar-refractivity contribution in [3.05, 3.63) is 24.3 Å². The van der Waals surface area contributed by atoms with E-state index in [1.54, 1.807) is 24.3 Å². The van der Waals surface area contributed by atoms with Gasteiger partial charge in [-0.15, -0.1) is 0 Å². The van der Waals surface area contributed by atoms with E-state index < -0.39 is 18.2 Å². The van der Waals surface area contributed by atoms with E-state index in [2.05, 4.69) is 6.92 Å². The van der Waals surface area contributed by atoms with E-state index in [-0.39, 0.29) is 6.42 Å². The highest BCUT2D eigenvalue weighted by Crippen LogP contribution is 2.08. The number of unbranched alkanes of at least 4 members (excludes halogenated alkanes) is 5. The Morgan fingerprint density at radius 2 is 1.36 bits per heavy atom. The first-order chi connectivity index (χ1) is 10.6. The summed E-state index contributed by atoms with van der Waals surface area (Å²) in [5.41, 5.74) is 0. The zero-order valence-corrected chi connectivity index (χ0v) is 13.8. The molecule has 3 N–H and O–H groups in total. The maximum atomic E-state index is 10.3. The maximum absolute atomic E-state index is 10.3. The third kappa shape index (κ3) is 15.3. The zero-order chi connectivity index (χ0) is 16.6. The molecule has 0 fully saturated rings. The summed E-state index contributed by atoms with van der Waals surface area (Å²) in [6, 6.07) is 0. The van der Waals surface area contributed by atoms with Crippen LogP contribution in [-0.4, -0.2) is 33.5 Å². The molecule has 0 bridgehead atoms. The van der Waals surface area contributed by atoms with Crippen LogP contribution in [0.3, 0.4) is 0 Å². The van der Waals surface area contributed by atoms with Crippen LogP contribution in [0, 0.1) is 0 Å². The second kappa shape index (κ2) is 14.8. The third-order valence-electron chi connectivity index (χ3n) is 3.52. The highest BCUT2D eigenvalue weighted by Gasteiger charge is 2.00. The molecule has 0 aliphatic carbocycles. The average molecular weight is 312 g/mol. The summed E-state index contributed by atoms with van der Waals surface area (Å²) in [5, 5.41) is 27.9. The van der Waals surface area contributed by atoms with Crippen molar-refractivity contribution in [2.45, 2.75) is 83.3 Å². The van der Waals surface area contributed by atoms with E-state index in [1.807, 2.05) is 0 Å². The number of aliphatic carboxylic acids is 1. The van der Waals surface area contributed by atoms with Gasteiger partial charge in [0.2, 0.25) is 0 Å². The molecule has 4 heteroatoms. The number of hydrogen-bond donors (Lipinski definition) is 3. The predicted molar refractivity (Wildman–Crippen MR) is 89.8 cm³/mol. The molecule has 0 radical (unpaired) electrons. The van der Waals surface area contributed by atoms with Crippen molar-refractivity contribution in [2.75, 3.05) is 0 Å². The molecular formula is C18H32O4. The van der Waals surface area contributed by atoms with E-state index >= 15 is 0 Å². The topological polar surface area (TPSA) is 77.8 Å². The van der Waals surface area contributed by atoms with Crippen LogP contribution >= 0.6 is 0 Å². The average Bonchev–Trinajstić information content (AvgIpc) is 2.47. The number of aliphatic hydroxyl groups excluding tert-OH is 2. The zero-order valence-electron chi connectivity index (χ0n) is 13.8. The predicted octanol–water partition coefficient (Wildman–Crippen LogP) is 3.83. The Morgan fingerprint density at radius 1 is 0.864 bits per heavy atom. The summed E-state index contributed by atoms with van der Waals surface area (Å²) >= 11 is 0. The monoisotopic (exact) mass is 312 g/mol. The number of hydrogen-bond acceptors (Lipinski definition) is 3. The normalized spacial score (nSPS) is 14.7. The number of rotatable bonds is 14. The van der Waals surface area contributed by atoms with Crippen LogP contribution in [-0.2, 0) is 4.79 Å². The second-order valence-corrected chi connectivity index (χ2v) is 5.75. The van der Waals surface area contributed by atoms with Crippen LogP contribution in [0.15, 0.2) is 24.3 Å². The van der Waals surface area contributed by atoms with Crippen molar-refractivity contribution in [3.8, 4) is 0 Å². The van der Waals surface area contributed by atoms with Gasteiger partial charge < -0.3 is 15.3 Å². The molecule has 22 heavy (non-hydrogen) atoms. The molecule has 2 atom stereocenters. The number of carboxylic acids is 1. The lowest BCUT2D eigenvalue weighted by atomic mass is 10.1. The molecule has 0 spiro atoms. The van der Waals surface area contributed by atoms with Gasteiger partial charge >= 0.3 is 5.97 Å². The molecule has 0 rings (SSSR count). The molecule has 0 aromatic heterocycles. The van der Waals surface area contributed by atoms with Crippen LogP contribution in [0.4, 0.5) is 0 Å². The summed E-state index contributed by atoms with van der Waals surface area (Å²) in [4.78, 5) is 10.3. The van der Waals surface area contributed by atoms with Crippen molar-refractivity contribution in [2.24, 2.45) is 0 Å². The first-order valence-corrected chi connectivity index (χ1v) is 8.49. The molecule has 0 aromatic carbocycles. The van der Waals surface area contributed by atoms with Gasteiger partial charge in [-0.1, -0.05) is 69.8 Å². The number of carbonyl (C=O) groups is 1. The molecule has 0 saturated heterocycles. The molecule has 0 aromatic rings. The molecule has 0 amide bonds. The van der Waals surface area contributed by atoms with Gasteiger partial charge in [0, 0.05) is 6.42 Å². The first-order valence-electron chi connectivity index (χ1n) is 8.49. The molecule has 2 unspecified atom stereocenters. The molecular weight excluding hydrogens is 280 g/mol. The van der Waals surface area contributed by atoms with Gasteiger partial charge in [-0.3, -0.25) is 4.79 Å². The minimum Gasteiger partial charge on any atom is -0.481 e. The van der Waals surface area contributed by atoms with Crippen molar-refractivity contribution in [1.29, 1.82) is 0 Å². The number of allylic oxidation sites excluding steroid dienone is 2. The smallest absolute Gasteiger partial charge is 0.303 e. The van der Waals surface area contributed by atoms with Crippen LogP contribution in [0.2, 0.25) is 0 Å². The van der Waals surface area contributed by atoms with Crippen molar-refractivity contribution < 1.29 is 20.1 Å². The summed E-state index contributed by atoms with van der Waals surface area (Å²) in [6.07, 6.45) is 14.7. The van der Waals surface area contributed by atoms with Gasteiger partial charge in [-0.2, -0.15) is 0 Å². The number of carboxylic acid groups (broad SMARTS) is 1. The Bertz CT molecular complexity index is 323. The second-order valence-electron chi connectivity index (χ2n) is 5.75. The lowest BCUT2D eigenvalue weighted by Crippen LogP contribution is -2.02. The quantitative estimate of drug-likeness (QED) is 0.336. The molecule has 4 nitrogen and oxygen atoms in total. The van der Waals surface area contributed by atoms with E-state index in [0.717, 1.165) is 44.9 Å². The SMILES string of the molecule is CCCCCC(O)/C=C/C=C\C(O)CCCCCCC(=O)O. The minimum atomic E-state index is -0.744. The van der Waals surface area contributed by atoms with Crippen molar-refractivity contribution >= 4 is 5.97 Å². The third-order valence-corrected chi connectivity index (χ3v) is 3.52. The van der Waals surface area contributed by atoms with E-state index in [9.17, 15) is 15.0 Å². The fourth-order valence-electron chi connectivity index (χ4n) is 2.16. The Morgan fingerprint density at radius 3 is 1.86 bits per heavy atom. The lowest BCUT2D eigenvalue weighted by molar-refractivity contribution is -0.137. The van der Waals surface area contributed by atoms with E-state index in [1.165, 1.54) is 0 Å². The minimum absolute atomic E-state index is 0.230. The van der Waals surface area contributed by atoms with Gasteiger partial charge in [0.05, 0.1) is 12.2 Å². The summed E-state index contributed by atoms with van der Waals surface area (Å²) in [7, 11) is 0. The van der Waals surface area contributed by atoms with Crippen LogP contribution in [0.5, 0.6) is 0 Å². The van der Waals surface area contributed by atoms with Crippen LogP contribution < -0.4 is 0 Å². The Labute approximate surface area is 134 Å². The fraction of sp³-hybridized carbons (Fsp3) is 0.722. The first kappa shape index (κ1) is 20.9. The van der Waals surface area contributed by atoms with Crippen molar-refractivity contribution in [1.82, 2.24) is 0 Å². The molecule has 0 aliphatic heterocycles. The fourth-order valence-corrected chi connectivity index (χ4v) is 2.16. The van der Waals surface area contributed by atoms with Gasteiger partial charge in [-0.05, 0) is 19.3 Å². The van der Waals surface area contributed by atoms with E-state index in [0.29, 0.717) is 12.8 Å². The highest BCUT2D eigenvalue weighted by molar-refractivity contribution is 5.66. The molecule has 0 heterocycles. The standard InChI is InChI=1S/C18H32O4/c1-2-3-6-11-16(19)13-9-10-14-17(20)12-7-4-5-8-15-18(21)22/h9-10,13-14,16-17,19-20H,2-8,11-12,15H2,1H3,(H,21,22)/b13-9+,14-10-. The summed E-state index contributed by atoms with van der Waals surface area (Å²) < 4.78 is 0. The van der Waals surface area contributed by atoms with E-state index in [4.69, 9.17) is 5.11 Å². The molecule has 0 aliphatic rings.